The molecule has 0 saturated heterocycles. The first kappa shape index (κ1) is 14.6. The van der Waals surface area contributed by atoms with Crippen molar-refractivity contribution in [1.82, 2.24) is 0 Å². The van der Waals surface area contributed by atoms with Crippen molar-refractivity contribution in [1.29, 1.82) is 0 Å². The number of hydrogen-bond acceptors (Lipinski definition) is 0. The van der Waals surface area contributed by atoms with Crippen LogP contribution in [0, 0.1) is 5.92 Å². The van der Waals surface area contributed by atoms with E-state index in [9.17, 15) is 0 Å². The molecule has 106 valence electrons. The first-order chi connectivity index (χ1) is 8.63. The highest BCUT2D eigenvalue weighted by Crippen LogP contribution is 2.50. The molecule has 0 bridgehead atoms. The van der Waals surface area contributed by atoms with Gasteiger partial charge in [-0.3, -0.25) is 0 Å². The first-order valence-corrected chi connectivity index (χ1v) is 11.5. The lowest BCUT2D eigenvalue weighted by atomic mass is 9.99. The van der Waals surface area contributed by atoms with Gasteiger partial charge in [0.15, 0.2) is 0 Å². The predicted octanol–water partition coefficient (Wildman–Crippen LogP) is 6.39. The van der Waals surface area contributed by atoms with Gasteiger partial charge < -0.3 is 0 Å². The van der Waals surface area contributed by atoms with E-state index in [1.54, 1.807) is 31.7 Å². The van der Waals surface area contributed by atoms with E-state index in [4.69, 9.17) is 0 Å². The molecule has 0 amide bonds. The Morgan fingerprint density at radius 1 is 0.778 bits per heavy atom. The largest absolute Gasteiger partial charge is 0.0687 e. The second-order valence-corrected chi connectivity index (χ2v) is 12.8. The molecule has 0 nitrogen and oxygen atoms in total. The van der Waals surface area contributed by atoms with Crippen molar-refractivity contribution < 1.29 is 0 Å². The lowest BCUT2D eigenvalue weighted by Crippen LogP contribution is -2.44. The summed E-state index contributed by atoms with van der Waals surface area (Å²) in [4.78, 5) is 0. The lowest BCUT2D eigenvalue weighted by Gasteiger charge is -2.46. The minimum atomic E-state index is -1.01. The van der Waals surface area contributed by atoms with E-state index >= 15 is 0 Å². The van der Waals surface area contributed by atoms with Crippen molar-refractivity contribution in [3.63, 3.8) is 0 Å². The van der Waals surface area contributed by atoms with E-state index in [-0.39, 0.29) is 0 Å². The molecule has 2 rings (SSSR count). The van der Waals surface area contributed by atoms with Gasteiger partial charge in [-0.05, 0) is 17.0 Å². The highest BCUT2D eigenvalue weighted by molar-refractivity contribution is 6.81. The highest BCUT2D eigenvalue weighted by Gasteiger charge is 2.43. The van der Waals surface area contributed by atoms with Crippen LogP contribution < -0.4 is 0 Å². The normalized spacial score (nSPS) is 24.7. The average molecular weight is 267 g/mol. The minimum absolute atomic E-state index is 0.936. The van der Waals surface area contributed by atoms with Crippen LogP contribution in [0.25, 0.3) is 0 Å². The van der Waals surface area contributed by atoms with Crippen molar-refractivity contribution in [2.45, 2.75) is 102 Å². The van der Waals surface area contributed by atoms with Gasteiger partial charge in [-0.1, -0.05) is 90.6 Å². The third-order valence-electron chi connectivity index (χ3n) is 5.92. The topological polar surface area (TPSA) is 0 Å². The van der Waals surface area contributed by atoms with Crippen molar-refractivity contribution >= 4 is 8.07 Å². The molecule has 0 aromatic heterocycles. The van der Waals surface area contributed by atoms with E-state index in [0.717, 1.165) is 5.92 Å². The minimum Gasteiger partial charge on any atom is -0.0687 e. The van der Waals surface area contributed by atoms with Crippen LogP contribution in [-0.2, 0) is 0 Å². The zero-order valence-corrected chi connectivity index (χ0v) is 14.0. The van der Waals surface area contributed by atoms with Crippen molar-refractivity contribution in [3.8, 4) is 0 Å². The van der Waals surface area contributed by atoms with Crippen LogP contribution in [0.3, 0.4) is 0 Å². The highest BCUT2D eigenvalue weighted by atomic mass is 28.3. The zero-order valence-electron chi connectivity index (χ0n) is 13.0. The van der Waals surface area contributed by atoms with Crippen molar-refractivity contribution in [2.75, 3.05) is 0 Å². The van der Waals surface area contributed by atoms with Crippen LogP contribution in [0.1, 0.15) is 78.1 Å². The average Bonchev–Trinajstić information content (AvgIpc) is 2.40. The van der Waals surface area contributed by atoms with Crippen LogP contribution in [0.2, 0.25) is 23.7 Å². The Bertz CT molecular complexity index is 216. The molecule has 0 heterocycles. The van der Waals surface area contributed by atoms with Crippen LogP contribution in [0.4, 0.5) is 0 Å². The molecule has 2 fully saturated rings. The predicted molar refractivity (Wildman–Crippen MR) is 84.9 cm³/mol. The molecule has 0 unspecified atom stereocenters. The fraction of sp³-hybridized carbons (Fsp3) is 1.00. The smallest absolute Gasteiger partial charge is 0.0569 e. The fourth-order valence-electron chi connectivity index (χ4n) is 5.07. The van der Waals surface area contributed by atoms with Gasteiger partial charge in [-0.15, -0.1) is 0 Å². The molecular weight excluding hydrogens is 232 g/mol. The first-order valence-electron chi connectivity index (χ1n) is 8.63. The molecule has 18 heavy (non-hydrogen) atoms. The molecule has 2 saturated carbocycles. The summed E-state index contributed by atoms with van der Waals surface area (Å²) in [5, 5.41) is 0. The summed E-state index contributed by atoms with van der Waals surface area (Å²) in [6, 6.07) is 1.61. The second-order valence-electron chi connectivity index (χ2n) is 7.77. The van der Waals surface area contributed by atoms with Gasteiger partial charge in [0.05, 0.1) is 8.07 Å². The number of hydrogen-bond donors (Lipinski definition) is 0. The molecule has 1 heteroatoms. The summed E-state index contributed by atoms with van der Waals surface area (Å²) >= 11 is 0. The molecule has 0 atom stereocenters. The maximum absolute atomic E-state index is 2.80. The fourth-order valence-corrected chi connectivity index (χ4v) is 11.6. The van der Waals surface area contributed by atoms with Crippen LogP contribution >= 0.6 is 0 Å². The quantitative estimate of drug-likeness (QED) is 0.517. The molecule has 0 N–H and O–H groups in total. The van der Waals surface area contributed by atoms with Gasteiger partial charge >= 0.3 is 0 Å². The molecule has 0 spiro atoms. The van der Waals surface area contributed by atoms with E-state index in [1.165, 1.54) is 49.6 Å². The molecule has 0 radical (unpaired) electrons. The van der Waals surface area contributed by atoms with Gasteiger partial charge in [0, 0.05) is 0 Å². The Morgan fingerprint density at radius 3 is 1.50 bits per heavy atom. The summed E-state index contributed by atoms with van der Waals surface area (Å²) < 4.78 is 0. The maximum Gasteiger partial charge on any atom is 0.0569 e. The standard InChI is InChI=1S/C17H34Si/c1-15(2)14-18(3,16-10-6-4-7-11-16)17-12-8-5-9-13-17/h15-17H,4-14H2,1-3H3. The molecular formula is C17H34Si. The summed E-state index contributed by atoms with van der Waals surface area (Å²) in [6.45, 7) is 7.74. The number of rotatable bonds is 4. The monoisotopic (exact) mass is 266 g/mol. The Morgan fingerprint density at radius 2 is 1.17 bits per heavy atom. The Labute approximate surface area is 116 Å². The van der Waals surface area contributed by atoms with Gasteiger partial charge in [-0.25, -0.2) is 0 Å². The second kappa shape index (κ2) is 6.59. The van der Waals surface area contributed by atoms with E-state index in [2.05, 4.69) is 20.4 Å². The third kappa shape index (κ3) is 3.40. The molecule has 0 aromatic carbocycles. The molecule has 0 aliphatic heterocycles. The molecule has 0 aromatic rings. The summed E-state index contributed by atoms with van der Waals surface area (Å²) in [5.41, 5.74) is 2.36. The zero-order chi connectivity index (χ0) is 13.0. The molecule has 2 aliphatic carbocycles. The SMILES string of the molecule is CC(C)C[Si](C)(C1CCCCC1)C1CCCCC1. The maximum atomic E-state index is 2.80. The summed E-state index contributed by atoms with van der Waals surface area (Å²) in [5.74, 6) is 0.936. The van der Waals surface area contributed by atoms with E-state index in [0.29, 0.717) is 0 Å². The van der Waals surface area contributed by atoms with E-state index < -0.39 is 8.07 Å². The van der Waals surface area contributed by atoms with Crippen LogP contribution in [0.15, 0.2) is 0 Å². The Hall–Kier alpha value is 0.217. The van der Waals surface area contributed by atoms with Gasteiger partial charge in [-0.2, -0.15) is 0 Å². The lowest BCUT2D eigenvalue weighted by molar-refractivity contribution is 0.446. The van der Waals surface area contributed by atoms with Crippen molar-refractivity contribution in [2.24, 2.45) is 5.92 Å². The van der Waals surface area contributed by atoms with Gasteiger partial charge in [0.25, 0.3) is 0 Å². The van der Waals surface area contributed by atoms with E-state index in [1.807, 2.05) is 0 Å². The van der Waals surface area contributed by atoms with Gasteiger partial charge in [0.1, 0.15) is 0 Å². The third-order valence-corrected chi connectivity index (χ3v) is 12.5. The summed E-state index contributed by atoms with van der Waals surface area (Å²) in [6.07, 6.45) is 15.6. The Kier molecular flexibility index (Phi) is 5.35. The molecule has 2 aliphatic rings. The Balaban J connectivity index is 2.09. The van der Waals surface area contributed by atoms with Crippen LogP contribution in [-0.4, -0.2) is 8.07 Å². The van der Waals surface area contributed by atoms with Crippen molar-refractivity contribution in [3.05, 3.63) is 0 Å². The van der Waals surface area contributed by atoms with Crippen LogP contribution in [0.5, 0.6) is 0 Å². The summed E-state index contributed by atoms with van der Waals surface area (Å²) in [7, 11) is -1.01. The van der Waals surface area contributed by atoms with Gasteiger partial charge in [0.2, 0.25) is 0 Å².